The van der Waals surface area contributed by atoms with E-state index in [1.807, 2.05) is 6.92 Å². The summed E-state index contributed by atoms with van der Waals surface area (Å²) < 4.78 is 5.60. The van der Waals surface area contributed by atoms with Crippen molar-refractivity contribution in [1.29, 1.82) is 0 Å². The van der Waals surface area contributed by atoms with Crippen molar-refractivity contribution in [1.82, 2.24) is 15.1 Å². The summed E-state index contributed by atoms with van der Waals surface area (Å²) in [6.07, 6.45) is 3.65. The monoisotopic (exact) mass is 358 g/mol. The molecule has 0 spiro atoms. The molecule has 2 saturated heterocycles. The van der Waals surface area contributed by atoms with Crippen molar-refractivity contribution in [3.05, 3.63) is 29.3 Å². The highest BCUT2D eigenvalue weighted by Crippen LogP contribution is 2.29. The van der Waals surface area contributed by atoms with Crippen LogP contribution in [0.5, 0.6) is 0 Å². The minimum atomic E-state index is 0.715. The topological polar surface area (TPSA) is 41.5 Å². The van der Waals surface area contributed by atoms with E-state index in [0.29, 0.717) is 6.04 Å². The van der Waals surface area contributed by atoms with E-state index in [2.05, 4.69) is 44.3 Å². The van der Waals surface area contributed by atoms with Gasteiger partial charge in [-0.05, 0) is 38.3 Å². The van der Waals surface area contributed by atoms with Crippen molar-refractivity contribution >= 4 is 17.0 Å². The Morgan fingerprint density at radius 1 is 1.08 bits per heavy atom. The number of aromatic nitrogens is 2. The minimum Gasteiger partial charge on any atom is -0.380 e. The first-order valence-electron chi connectivity index (χ1n) is 9.27. The van der Waals surface area contributed by atoms with E-state index in [1.54, 1.807) is 11.3 Å². The van der Waals surface area contributed by atoms with E-state index >= 15 is 0 Å². The Bertz CT molecular complexity index is 688. The van der Waals surface area contributed by atoms with Crippen molar-refractivity contribution < 1.29 is 4.74 Å². The first-order chi connectivity index (χ1) is 12.3. The number of anilines is 1. The fraction of sp³-hybridized carbons (Fsp3) is 0.579. The third-order valence-corrected chi connectivity index (χ3v) is 6.11. The number of ether oxygens (including phenoxy) is 1. The lowest BCUT2D eigenvalue weighted by atomic mass is 10.0. The summed E-state index contributed by atoms with van der Waals surface area (Å²) in [5, 5.41) is 10.5. The minimum absolute atomic E-state index is 0.715. The number of hydrogen-bond acceptors (Lipinski definition) is 6. The number of hydrogen-bond donors (Lipinski definition) is 0. The molecule has 0 bridgehead atoms. The molecule has 0 aliphatic carbocycles. The molecule has 25 heavy (non-hydrogen) atoms. The Labute approximate surface area is 153 Å². The zero-order valence-electron chi connectivity index (χ0n) is 14.9. The SMILES string of the molecule is Cc1nnc(-c2cccc(N3CCC(N4CCCOCC4)CC3)c2)s1. The zero-order valence-corrected chi connectivity index (χ0v) is 15.7. The highest BCUT2D eigenvalue weighted by atomic mass is 32.1. The van der Waals surface area contributed by atoms with Crippen LogP contribution in [0.15, 0.2) is 24.3 Å². The van der Waals surface area contributed by atoms with Gasteiger partial charge >= 0.3 is 0 Å². The van der Waals surface area contributed by atoms with Gasteiger partial charge in [-0.1, -0.05) is 23.5 Å². The van der Waals surface area contributed by atoms with Crippen LogP contribution < -0.4 is 4.90 Å². The Morgan fingerprint density at radius 3 is 2.76 bits per heavy atom. The zero-order chi connectivity index (χ0) is 17.1. The van der Waals surface area contributed by atoms with Crippen LogP contribution in [0.2, 0.25) is 0 Å². The Kier molecular flexibility index (Phi) is 5.29. The molecule has 0 amide bonds. The Balaban J connectivity index is 1.40. The lowest BCUT2D eigenvalue weighted by Crippen LogP contribution is -2.45. The van der Waals surface area contributed by atoms with E-state index in [4.69, 9.17) is 4.74 Å². The standard InChI is InChI=1S/C19H26N4OS/c1-15-20-21-19(25-15)16-4-2-5-18(14-16)23-9-6-17(7-10-23)22-8-3-12-24-13-11-22/h2,4-5,14,17H,3,6-13H2,1H3. The number of benzene rings is 1. The highest BCUT2D eigenvalue weighted by molar-refractivity contribution is 7.14. The van der Waals surface area contributed by atoms with Crippen molar-refractivity contribution in [3.63, 3.8) is 0 Å². The van der Waals surface area contributed by atoms with Gasteiger partial charge in [-0.15, -0.1) is 10.2 Å². The summed E-state index contributed by atoms with van der Waals surface area (Å²) in [6, 6.07) is 9.47. The molecule has 4 rings (SSSR count). The number of piperidine rings is 1. The van der Waals surface area contributed by atoms with Gasteiger partial charge in [-0.2, -0.15) is 0 Å². The van der Waals surface area contributed by atoms with E-state index in [1.165, 1.54) is 37.1 Å². The van der Waals surface area contributed by atoms with Crippen molar-refractivity contribution in [2.45, 2.75) is 32.2 Å². The van der Waals surface area contributed by atoms with Gasteiger partial charge in [0.05, 0.1) is 6.61 Å². The van der Waals surface area contributed by atoms with Crippen LogP contribution in [0.1, 0.15) is 24.3 Å². The first kappa shape index (κ1) is 16.9. The molecular weight excluding hydrogens is 332 g/mol. The molecule has 0 unspecified atom stereocenters. The third kappa shape index (κ3) is 4.02. The van der Waals surface area contributed by atoms with Crippen LogP contribution in [0, 0.1) is 6.92 Å². The van der Waals surface area contributed by atoms with Crippen LogP contribution in [0.4, 0.5) is 5.69 Å². The van der Waals surface area contributed by atoms with E-state index < -0.39 is 0 Å². The molecule has 134 valence electrons. The maximum atomic E-state index is 5.60. The highest BCUT2D eigenvalue weighted by Gasteiger charge is 2.25. The summed E-state index contributed by atoms with van der Waals surface area (Å²) in [4.78, 5) is 5.16. The van der Waals surface area contributed by atoms with Crippen LogP contribution in [0.3, 0.4) is 0 Å². The van der Waals surface area contributed by atoms with Gasteiger partial charge in [-0.25, -0.2) is 0 Å². The molecule has 0 saturated carbocycles. The predicted molar refractivity (Wildman–Crippen MR) is 102 cm³/mol. The van der Waals surface area contributed by atoms with Crippen molar-refractivity contribution in [2.75, 3.05) is 44.3 Å². The van der Waals surface area contributed by atoms with Crippen LogP contribution >= 0.6 is 11.3 Å². The second-order valence-corrected chi connectivity index (χ2v) is 8.08. The molecule has 5 nitrogen and oxygen atoms in total. The Morgan fingerprint density at radius 2 is 1.96 bits per heavy atom. The smallest absolute Gasteiger partial charge is 0.147 e. The lowest BCUT2D eigenvalue weighted by Gasteiger charge is -2.39. The molecule has 3 heterocycles. The summed E-state index contributed by atoms with van der Waals surface area (Å²) >= 11 is 1.66. The molecule has 2 fully saturated rings. The molecule has 0 radical (unpaired) electrons. The van der Waals surface area contributed by atoms with Gasteiger partial charge in [0.2, 0.25) is 0 Å². The van der Waals surface area contributed by atoms with E-state index in [-0.39, 0.29) is 0 Å². The molecule has 6 heteroatoms. The van der Waals surface area contributed by atoms with Crippen molar-refractivity contribution in [2.24, 2.45) is 0 Å². The molecule has 2 aliphatic heterocycles. The van der Waals surface area contributed by atoms with Gasteiger partial charge in [0.15, 0.2) is 0 Å². The lowest BCUT2D eigenvalue weighted by molar-refractivity contribution is 0.125. The van der Waals surface area contributed by atoms with Gasteiger partial charge in [-0.3, -0.25) is 4.90 Å². The summed E-state index contributed by atoms with van der Waals surface area (Å²) in [7, 11) is 0. The quantitative estimate of drug-likeness (QED) is 0.843. The summed E-state index contributed by atoms with van der Waals surface area (Å²) in [5.41, 5.74) is 2.48. The van der Waals surface area contributed by atoms with Crippen LogP contribution in [-0.2, 0) is 4.74 Å². The largest absolute Gasteiger partial charge is 0.380 e. The molecule has 0 N–H and O–H groups in total. The second kappa shape index (κ2) is 7.81. The first-order valence-corrected chi connectivity index (χ1v) is 10.1. The molecular formula is C19H26N4OS. The van der Waals surface area contributed by atoms with E-state index in [0.717, 1.165) is 42.9 Å². The second-order valence-electron chi connectivity index (χ2n) is 6.90. The van der Waals surface area contributed by atoms with Crippen molar-refractivity contribution in [3.8, 4) is 10.6 Å². The molecule has 2 aromatic rings. The number of nitrogens with zero attached hydrogens (tertiary/aromatic N) is 4. The average molecular weight is 359 g/mol. The maximum absolute atomic E-state index is 5.60. The number of aryl methyl sites for hydroxylation is 1. The fourth-order valence-electron chi connectivity index (χ4n) is 3.87. The third-order valence-electron chi connectivity index (χ3n) is 5.22. The molecule has 2 aliphatic rings. The molecule has 1 aromatic carbocycles. The van der Waals surface area contributed by atoms with Crippen LogP contribution in [-0.4, -0.2) is 60.5 Å². The van der Waals surface area contributed by atoms with E-state index in [9.17, 15) is 0 Å². The van der Waals surface area contributed by atoms with Gasteiger partial charge in [0.1, 0.15) is 10.0 Å². The van der Waals surface area contributed by atoms with Gasteiger partial charge < -0.3 is 9.64 Å². The maximum Gasteiger partial charge on any atom is 0.147 e. The molecule has 1 aromatic heterocycles. The fourth-order valence-corrected chi connectivity index (χ4v) is 4.56. The average Bonchev–Trinajstić information content (AvgIpc) is 2.92. The van der Waals surface area contributed by atoms with Crippen LogP contribution in [0.25, 0.3) is 10.6 Å². The van der Waals surface area contributed by atoms with Gasteiger partial charge in [0, 0.05) is 50.1 Å². The number of rotatable bonds is 3. The Hall–Kier alpha value is -1.50. The summed E-state index contributed by atoms with van der Waals surface area (Å²) in [5.74, 6) is 0. The summed E-state index contributed by atoms with van der Waals surface area (Å²) in [6.45, 7) is 8.36. The predicted octanol–water partition coefficient (Wildman–Crippen LogP) is 3.20. The normalized spacial score (nSPS) is 20.6. The molecule has 0 atom stereocenters. The van der Waals surface area contributed by atoms with Gasteiger partial charge in [0.25, 0.3) is 0 Å².